The molecule has 0 saturated carbocycles. The van der Waals surface area contributed by atoms with E-state index in [0.717, 1.165) is 34.0 Å². The van der Waals surface area contributed by atoms with E-state index in [1.54, 1.807) is 0 Å². The Morgan fingerprint density at radius 1 is 1.42 bits per heavy atom. The van der Waals surface area contributed by atoms with Gasteiger partial charge in [-0.2, -0.15) is 0 Å². The maximum absolute atomic E-state index is 11.4. The number of aromatic amines is 1. The van der Waals surface area contributed by atoms with Gasteiger partial charge in [0.1, 0.15) is 5.82 Å². The second-order valence-corrected chi connectivity index (χ2v) is 4.78. The van der Waals surface area contributed by atoms with Crippen LogP contribution in [0.15, 0.2) is 18.2 Å². The van der Waals surface area contributed by atoms with Crippen molar-refractivity contribution < 1.29 is 4.79 Å². The lowest BCUT2D eigenvalue weighted by atomic mass is 10.1. The number of carbonyl (C=O) groups excluding carboxylic acids is 1. The van der Waals surface area contributed by atoms with Crippen LogP contribution in [0.1, 0.15) is 17.1 Å². The summed E-state index contributed by atoms with van der Waals surface area (Å²) in [7, 11) is 1.89. The molecular weight excluding hydrogens is 240 g/mol. The third kappa shape index (κ3) is 2.13. The van der Waals surface area contributed by atoms with Crippen LogP contribution in [-0.2, 0) is 17.8 Å². The largest absolute Gasteiger partial charge is 0.344 e. The maximum Gasteiger partial charge on any atom is 0.228 e. The van der Waals surface area contributed by atoms with E-state index in [2.05, 4.69) is 20.6 Å². The minimum Gasteiger partial charge on any atom is -0.344 e. The molecule has 0 spiro atoms. The SMILES string of the molecule is CNCc1nc(-c2ccc3c(c2)CC(=O)N3)c(C)[nH]1. The highest BCUT2D eigenvalue weighted by molar-refractivity contribution is 5.99. The van der Waals surface area contributed by atoms with Crippen molar-refractivity contribution in [1.82, 2.24) is 15.3 Å². The van der Waals surface area contributed by atoms with Crippen molar-refractivity contribution in [1.29, 1.82) is 0 Å². The molecule has 98 valence electrons. The van der Waals surface area contributed by atoms with Gasteiger partial charge in [-0.3, -0.25) is 4.79 Å². The molecule has 19 heavy (non-hydrogen) atoms. The van der Waals surface area contributed by atoms with Gasteiger partial charge in [0.2, 0.25) is 5.91 Å². The number of carbonyl (C=O) groups is 1. The number of amides is 1. The van der Waals surface area contributed by atoms with E-state index in [-0.39, 0.29) is 5.91 Å². The first kappa shape index (κ1) is 11.9. The molecule has 5 nitrogen and oxygen atoms in total. The molecule has 0 bridgehead atoms. The van der Waals surface area contributed by atoms with Crippen molar-refractivity contribution in [2.24, 2.45) is 0 Å². The van der Waals surface area contributed by atoms with Crippen molar-refractivity contribution in [3.05, 3.63) is 35.3 Å². The van der Waals surface area contributed by atoms with Gasteiger partial charge in [-0.25, -0.2) is 4.98 Å². The summed E-state index contributed by atoms with van der Waals surface area (Å²) < 4.78 is 0. The van der Waals surface area contributed by atoms with Crippen molar-refractivity contribution in [2.45, 2.75) is 19.9 Å². The number of nitrogens with zero attached hydrogens (tertiary/aromatic N) is 1. The van der Waals surface area contributed by atoms with E-state index in [4.69, 9.17) is 0 Å². The molecule has 0 aliphatic carbocycles. The molecule has 1 aliphatic rings. The third-order valence-corrected chi connectivity index (χ3v) is 3.28. The first-order valence-electron chi connectivity index (χ1n) is 6.30. The van der Waals surface area contributed by atoms with E-state index in [0.29, 0.717) is 13.0 Å². The number of hydrogen-bond acceptors (Lipinski definition) is 3. The smallest absolute Gasteiger partial charge is 0.228 e. The lowest BCUT2D eigenvalue weighted by molar-refractivity contribution is -0.115. The summed E-state index contributed by atoms with van der Waals surface area (Å²) in [5.41, 5.74) is 5.00. The summed E-state index contributed by atoms with van der Waals surface area (Å²) in [6.07, 6.45) is 0.454. The Hall–Kier alpha value is -2.14. The van der Waals surface area contributed by atoms with E-state index >= 15 is 0 Å². The second kappa shape index (κ2) is 4.51. The Kier molecular flexibility index (Phi) is 2.83. The number of nitrogens with one attached hydrogen (secondary N) is 3. The molecule has 2 aromatic rings. The molecule has 2 heterocycles. The Morgan fingerprint density at radius 3 is 3.05 bits per heavy atom. The Balaban J connectivity index is 1.99. The van der Waals surface area contributed by atoms with Crippen molar-refractivity contribution in [2.75, 3.05) is 12.4 Å². The van der Waals surface area contributed by atoms with Crippen LogP contribution in [0, 0.1) is 6.92 Å². The van der Waals surface area contributed by atoms with Gasteiger partial charge in [0, 0.05) is 16.9 Å². The summed E-state index contributed by atoms with van der Waals surface area (Å²) in [6.45, 7) is 2.73. The van der Waals surface area contributed by atoms with E-state index < -0.39 is 0 Å². The van der Waals surface area contributed by atoms with Crippen LogP contribution < -0.4 is 10.6 Å². The highest BCUT2D eigenvalue weighted by Crippen LogP contribution is 2.29. The highest BCUT2D eigenvalue weighted by Gasteiger charge is 2.19. The van der Waals surface area contributed by atoms with Crippen LogP contribution in [0.4, 0.5) is 5.69 Å². The Bertz CT molecular complexity index is 645. The summed E-state index contributed by atoms with van der Waals surface area (Å²) >= 11 is 0. The predicted octanol–water partition coefficient (Wildman–Crippen LogP) is 1.60. The maximum atomic E-state index is 11.4. The third-order valence-electron chi connectivity index (χ3n) is 3.28. The molecule has 1 aliphatic heterocycles. The minimum absolute atomic E-state index is 0.0572. The molecule has 1 aromatic carbocycles. The minimum atomic E-state index is 0.0572. The van der Waals surface area contributed by atoms with E-state index in [1.807, 2.05) is 32.2 Å². The Morgan fingerprint density at radius 2 is 2.26 bits per heavy atom. The van der Waals surface area contributed by atoms with Crippen LogP contribution in [0.3, 0.4) is 0 Å². The quantitative estimate of drug-likeness (QED) is 0.781. The van der Waals surface area contributed by atoms with Crippen LogP contribution in [0.2, 0.25) is 0 Å². The monoisotopic (exact) mass is 256 g/mol. The van der Waals surface area contributed by atoms with Gasteiger partial charge in [0.05, 0.1) is 18.7 Å². The zero-order valence-electron chi connectivity index (χ0n) is 11.0. The number of fused-ring (bicyclic) bond motifs is 1. The summed E-state index contributed by atoms with van der Waals surface area (Å²) in [4.78, 5) is 19.2. The summed E-state index contributed by atoms with van der Waals surface area (Å²) in [5.74, 6) is 0.978. The molecule has 0 radical (unpaired) electrons. The molecule has 0 fully saturated rings. The fourth-order valence-corrected chi connectivity index (χ4v) is 2.43. The lowest BCUT2D eigenvalue weighted by Crippen LogP contribution is -2.06. The number of H-pyrrole nitrogens is 1. The molecule has 3 N–H and O–H groups in total. The first-order chi connectivity index (χ1) is 9.17. The van der Waals surface area contributed by atoms with E-state index in [9.17, 15) is 4.79 Å². The van der Waals surface area contributed by atoms with Crippen molar-refractivity contribution >= 4 is 11.6 Å². The van der Waals surface area contributed by atoms with Gasteiger partial charge in [-0.05, 0) is 31.7 Å². The molecular formula is C14H16N4O. The number of benzene rings is 1. The van der Waals surface area contributed by atoms with Crippen LogP contribution in [0.5, 0.6) is 0 Å². The fourth-order valence-electron chi connectivity index (χ4n) is 2.43. The number of hydrogen-bond donors (Lipinski definition) is 3. The average molecular weight is 256 g/mol. The summed E-state index contributed by atoms with van der Waals surface area (Å²) in [6, 6.07) is 5.98. The molecule has 0 saturated heterocycles. The van der Waals surface area contributed by atoms with Crippen molar-refractivity contribution in [3.63, 3.8) is 0 Å². The second-order valence-electron chi connectivity index (χ2n) is 4.78. The van der Waals surface area contributed by atoms with Gasteiger partial charge in [-0.15, -0.1) is 0 Å². The number of aryl methyl sites for hydroxylation is 1. The predicted molar refractivity (Wildman–Crippen MR) is 73.9 cm³/mol. The van der Waals surface area contributed by atoms with Gasteiger partial charge >= 0.3 is 0 Å². The van der Waals surface area contributed by atoms with Gasteiger partial charge in [0.15, 0.2) is 0 Å². The zero-order valence-corrected chi connectivity index (χ0v) is 11.0. The van der Waals surface area contributed by atoms with E-state index in [1.165, 1.54) is 0 Å². The van der Waals surface area contributed by atoms with Crippen LogP contribution in [-0.4, -0.2) is 22.9 Å². The van der Waals surface area contributed by atoms with Gasteiger partial charge < -0.3 is 15.6 Å². The normalized spacial score (nSPS) is 13.5. The van der Waals surface area contributed by atoms with Crippen molar-refractivity contribution in [3.8, 4) is 11.3 Å². The average Bonchev–Trinajstić information content (AvgIpc) is 2.90. The Labute approximate surface area is 111 Å². The topological polar surface area (TPSA) is 69.8 Å². The molecule has 1 amide bonds. The lowest BCUT2D eigenvalue weighted by Gasteiger charge is -2.02. The van der Waals surface area contributed by atoms with Crippen LogP contribution in [0.25, 0.3) is 11.3 Å². The number of aromatic nitrogens is 2. The van der Waals surface area contributed by atoms with Gasteiger partial charge in [-0.1, -0.05) is 6.07 Å². The first-order valence-corrected chi connectivity index (χ1v) is 6.30. The van der Waals surface area contributed by atoms with Crippen LogP contribution >= 0.6 is 0 Å². The number of imidazole rings is 1. The van der Waals surface area contributed by atoms with Gasteiger partial charge in [0.25, 0.3) is 0 Å². The molecule has 0 atom stereocenters. The highest BCUT2D eigenvalue weighted by atomic mass is 16.1. The zero-order chi connectivity index (χ0) is 13.4. The molecule has 0 unspecified atom stereocenters. The number of anilines is 1. The fraction of sp³-hybridized carbons (Fsp3) is 0.286. The standard InChI is InChI=1S/C14H16N4O/c1-8-14(18-12(16-8)7-15-2)9-3-4-11-10(5-9)6-13(19)17-11/h3-5,15H,6-7H2,1-2H3,(H,16,18)(H,17,19). The molecule has 3 rings (SSSR count). The molecule has 1 aromatic heterocycles. The molecule has 5 heteroatoms. The number of rotatable bonds is 3. The summed E-state index contributed by atoms with van der Waals surface area (Å²) in [5, 5.41) is 5.91.